The average Bonchev–Trinajstić information content (AvgIpc) is 2.23. The molecule has 0 aromatic heterocycles. The van der Waals surface area contributed by atoms with Crippen LogP contribution in [0.15, 0.2) is 27.7 Å². The van der Waals surface area contributed by atoms with Crippen molar-refractivity contribution < 1.29 is 4.79 Å². The molecular formula is C12H14BrNO. The topological polar surface area (TPSA) is 29.4 Å². The molecule has 0 heterocycles. The highest BCUT2D eigenvalue weighted by molar-refractivity contribution is 9.10. The van der Waals surface area contributed by atoms with Gasteiger partial charge < -0.3 is 0 Å². The SMILES string of the molecule is CCC(CC)c1ccc(N=C=O)cc1Br. The summed E-state index contributed by atoms with van der Waals surface area (Å²) >= 11 is 3.51. The Kier molecular flexibility index (Phi) is 4.73. The smallest absolute Gasteiger partial charge is 0.211 e. The summed E-state index contributed by atoms with van der Waals surface area (Å²) in [6, 6.07) is 5.74. The van der Waals surface area contributed by atoms with Crippen LogP contribution in [0.25, 0.3) is 0 Å². The summed E-state index contributed by atoms with van der Waals surface area (Å²) in [4.78, 5) is 13.7. The van der Waals surface area contributed by atoms with E-state index in [0.717, 1.165) is 17.3 Å². The molecule has 0 saturated heterocycles. The van der Waals surface area contributed by atoms with Gasteiger partial charge in [-0.15, -0.1) is 0 Å². The van der Waals surface area contributed by atoms with Gasteiger partial charge >= 0.3 is 0 Å². The number of isocyanates is 1. The third-order valence-corrected chi connectivity index (χ3v) is 3.27. The van der Waals surface area contributed by atoms with Gasteiger partial charge in [-0.2, -0.15) is 4.99 Å². The maximum absolute atomic E-state index is 10.1. The second-order valence-electron chi connectivity index (χ2n) is 3.42. The maximum Gasteiger partial charge on any atom is 0.240 e. The lowest BCUT2D eigenvalue weighted by molar-refractivity contribution is 0.565. The van der Waals surface area contributed by atoms with Crippen molar-refractivity contribution in [3.8, 4) is 0 Å². The summed E-state index contributed by atoms with van der Waals surface area (Å²) in [5, 5.41) is 0. The van der Waals surface area contributed by atoms with Crippen molar-refractivity contribution in [3.63, 3.8) is 0 Å². The van der Waals surface area contributed by atoms with Crippen LogP contribution >= 0.6 is 15.9 Å². The van der Waals surface area contributed by atoms with Gasteiger partial charge in [0.2, 0.25) is 6.08 Å². The van der Waals surface area contributed by atoms with E-state index in [2.05, 4.69) is 34.8 Å². The molecule has 0 aliphatic heterocycles. The van der Waals surface area contributed by atoms with E-state index in [4.69, 9.17) is 0 Å². The van der Waals surface area contributed by atoms with E-state index in [1.165, 1.54) is 5.56 Å². The van der Waals surface area contributed by atoms with E-state index in [-0.39, 0.29) is 0 Å². The van der Waals surface area contributed by atoms with Crippen molar-refractivity contribution in [1.29, 1.82) is 0 Å². The van der Waals surface area contributed by atoms with Crippen LogP contribution in [-0.4, -0.2) is 6.08 Å². The lowest BCUT2D eigenvalue weighted by Gasteiger charge is -2.14. The summed E-state index contributed by atoms with van der Waals surface area (Å²) in [5.41, 5.74) is 1.93. The van der Waals surface area contributed by atoms with Gasteiger partial charge in [0, 0.05) is 4.47 Å². The largest absolute Gasteiger partial charge is 0.240 e. The number of benzene rings is 1. The Morgan fingerprint density at radius 3 is 2.53 bits per heavy atom. The summed E-state index contributed by atoms with van der Waals surface area (Å²) in [6.07, 6.45) is 3.77. The first-order chi connectivity index (χ1) is 7.22. The van der Waals surface area contributed by atoms with Crippen molar-refractivity contribution in [2.24, 2.45) is 4.99 Å². The van der Waals surface area contributed by atoms with Crippen LogP contribution in [-0.2, 0) is 4.79 Å². The number of halogens is 1. The third-order valence-electron chi connectivity index (χ3n) is 2.58. The molecule has 0 fully saturated rings. The molecule has 80 valence electrons. The Labute approximate surface area is 98.5 Å². The number of hydrogen-bond acceptors (Lipinski definition) is 2. The molecule has 0 radical (unpaired) electrons. The van der Waals surface area contributed by atoms with Crippen molar-refractivity contribution >= 4 is 27.7 Å². The molecule has 0 amide bonds. The van der Waals surface area contributed by atoms with Gasteiger partial charge in [-0.1, -0.05) is 35.8 Å². The highest BCUT2D eigenvalue weighted by Gasteiger charge is 2.10. The van der Waals surface area contributed by atoms with Crippen LogP contribution in [0.1, 0.15) is 38.2 Å². The minimum absolute atomic E-state index is 0.564. The molecule has 0 bridgehead atoms. The Balaban J connectivity index is 3.06. The molecule has 3 heteroatoms. The molecule has 1 aromatic rings. The van der Waals surface area contributed by atoms with E-state index in [0.29, 0.717) is 11.6 Å². The Morgan fingerprint density at radius 2 is 2.07 bits per heavy atom. The van der Waals surface area contributed by atoms with E-state index >= 15 is 0 Å². The Morgan fingerprint density at radius 1 is 1.40 bits per heavy atom. The fourth-order valence-electron chi connectivity index (χ4n) is 1.70. The second kappa shape index (κ2) is 5.84. The maximum atomic E-state index is 10.1. The lowest BCUT2D eigenvalue weighted by Crippen LogP contribution is -1.96. The zero-order valence-corrected chi connectivity index (χ0v) is 10.5. The van der Waals surface area contributed by atoms with Gasteiger partial charge in [0.15, 0.2) is 0 Å². The molecule has 1 rings (SSSR count). The fraction of sp³-hybridized carbons (Fsp3) is 0.417. The standard InChI is InChI=1S/C12H14BrNO/c1-3-9(4-2)11-6-5-10(14-8-15)7-12(11)13/h5-7,9H,3-4H2,1-2H3. The molecule has 15 heavy (non-hydrogen) atoms. The highest BCUT2D eigenvalue weighted by Crippen LogP contribution is 2.32. The van der Waals surface area contributed by atoms with E-state index < -0.39 is 0 Å². The Bertz CT molecular complexity index is 379. The number of nitrogens with zero attached hydrogens (tertiary/aromatic N) is 1. The molecule has 2 nitrogen and oxygen atoms in total. The van der Waals surface area contributed by atoms with Gasteiger partial charge in [0.05, 0.1) is 5.69 Å². The van der Waals surface area contributed by atoms with E-state index in [1.54, 1.807) is 6.08 Å². The van der Waals surface area contributed by atoms with Crippen molar-refractivity contribution in [2.75, 3.05) is 0 Å². The molecule has 1 aromatic carbocycles. The van der Waals surface area contributed by atoms with Gasteiger partial charge in [-0.3, -0.25) is 0 Å². The zero-order valence-electron chi connectivity index (χ0n) is 8.96. The molecule has 0 atom stereocenters. The van der Waals surface area contributed by atoms with Gasteiger partial charge in [0.25, 0.3) is 0 Å². The first-order valence-electron chi connectivity index (χ1n) is 5.10. The van der Waals surface area contributed by atoms with Crippen molar-refractivity contribution in [3.05, 3.63) is 28.2 Å². The minimum Gasteiger partial charge on any atom is -0.211 e. The van der Waals surface area contributed by atoms with Crippen LogP contribution in [0, 0.1) is 0 Å². The van der Waals surface area contributed by atoms with Crippen LogP contribution in [0.4, 0.5) is 5.69 Å². The van der Waals surface area contributed by atoms with Crippen LogP contribution in [0.2, 0.25) is 0 Å². The number of carbonyl (C=O) groups excluding carboxylic acids is 1. The van der Waals surface area contributed by atoms with Crippen LogP contribution in [0.5, 0.6) is 0 Å². The van der Waals surface area contributed by atoms with E-state index in [9.17, 15) is 4.79 Å². The summed E-state index contributed by atoms with van der Waals surface area (Å²) in [6.45, 7) is 4.36. The Hall–Kier alpha value is -0.920. The monoisotopic (exact) mass is 267 g/mol. The minimum atomic E-state index is 0.564. The quantitative estimate of drug-likeness (QED) is 0.590. The number of rotatable bonds is 4. The fourth-order valence-corrected chi connectivity index (χ4v) is 2.39. The highest BCUT2D eigenvalue weighted by atomic mass is 79.9. The normalized spacial score (nSPS) is 10.1. The van der Waals surface area contributed by atoms with Crippen LogP contribution < -0.4 is 0 Å². The summed E-state index contributed by atoms with van der Waals surface area (Å²) in [7, 11) is 0. The second-order valence-corrected chi connectivity index (χ2v) is 4.28. The van der Waals surface area contributed by atoms with E-state index in [1.807, 2.05) is 18.2 Å². The molecule has 0 spiro atoms. The third kappa shape index (κ3) is 3.01. The molecule has 0 saturated carbocycles. The average molecular weight is 268 g/mol. The number of hydrogen-bond donors (Lipinski definition) is 0. The summed E-state index contributed by atoms with van der Waals surface area (Å²) < 4.78 is 1.02. The van der Waals surface area contributed by atoms with Crippen LogP contribution in [0.3, 0.4) is 0 Å². The van der Waals surface area contributed by atoms with Gasteiger partial charge in [-0.25, -0.2) is 4.79 Å². The predicted octanol–water partition coefficient (Wildman–Crippen LogP) is 4.32. The molecule has 0 N–H and O–H groups in total. The van der Waals surface area contributed by atoms with Crippen molar-refractivity contribution in [1.82, 2.24) is 0 Å². The molecule has 0 unspecified atom stereocenters. The molecular weight excluding hydrogens is 254 g/mol. The molecule has 0 aliphatic rings. The molecule has 0 aliphatic carbocycles. The van der Waals surface area contributed by atoms with Gasteiger partial charge in [-0.05, 0) is 36.5 Å². The summed E-state index contributed by atoms with van der Waals surface area (Å²) in [5.74, 6) is 0.564. The predicted molar refractivity (Wildman–Crippen MR) is 65.2 cm³/mol. The first-order valence-corrected chi connectivity index (χ1v) is 5.89. The van der Waals surface area contributed by atoms with Crippen molar-refractivity contribution in [2.45, 2.75) is 32.6 Å². The zero-order chi connectivity index (χ0) is 11.3. The van der Waals surface area contributed by atoms with Gasteiger partial charge in [0.1, 0.15) is 0 Å². The lowest BCUT2D eigenvalue weighted by atomic mass is 9.94. The first kappa shape index (κ1) is 12.2. The number of aliphatic imine (C=N–C) groups is 1.